The van der Waals surface area contributed by atoms with Crippen LogP contribution in [0.2, 0.25) is 0 Å². The number of alkyl halides is 3. The normalized spacial score (nSPS) is 13.3. The average molecular weight is 443 g/mol. The predicted molar refractivity (Wildman–Crippen MR) is 112 cm³/mol. The van der Waals surface area contributed by atoms with Gasteiger partial charge in [0.25, 0.3) is 0 Å². The van der Waals surface area contributed by atoms with Crippen molar-refractivity contribution in [3.63, 3.8) is 0 Å². The third-order valence-electron chi connectivity index (χ3n) is 4.08. The fourth-order valence-corrected chi connectivity index (χ4v) is 6.00. The van der Waals surface area contributed by atoms with Gasteiger partial charge in [0.1, 0.15) is 5.82 Å². The van der Waals surface area contributed by atoms with Crippen LogP contribution in [-0.2, 0) is 4.57 Å². The van der Waals surface area contributed by atoms with E-state index in [-0.39, 0.29) is 0 Å². The van der Waals surface area contributed by atoms with Crippen molar-refractivity contribution in [2.75, 3.05) is 0 Å². The van der Waals surface area contributed by atoms with Gasteiger partial charge in [-0.25, -0.2) is 9.48 Å². The monoisotopic (exact) mass is 441 g/mol. The Kier molecular flexibility index (Phi) is 6.30. The molecule has 0 spiro atoms. The van der Waals surface area contributed by atoms with Gasteiger partial charge in [0, 0.05) is 10.6 Å². The van der Waals surface area contributed by atoms with Crippen LogP contribution in [0.3, 0.4) is 0 Å². The molecule has 1 atom stereocenters. The molecule has 0 aliphatic carbocycles. The van der Waals surface area contributed by atoms with Gasteiger partial charge in [-0.3, -0.25) is 4.57 Å². The van der Waals surface area contributed by atoms with Gasteiger partial charge in [0.2, 0.25) is 11.1 Å². The van der Waals surface area contributed by atoms with E-state index in [1.165, 1.54) is 24.3 Å². The SMILES string of the molecule is O=P(NC(c1ccc(F)cc1)C(Cl)(Cl)Cl)(c1ccccc1)c1ccccc1. The maximum Gasteiger partial charge on any atom is 0.210 e. The highest BCUT2D eigenvalue weighted by Crippen LogP contribution is 2.48. The number of hydrogen-bond acceptors (Lipinski definition) is 1. The first-order valence-electron chi connectivity index (χ1n) is 8.12. The van der Waals surface area contributed by atoms with Crippen molar-refractivity contribution in [2.24, 2.45) is 0 Å². The third kappa shape index (κ3) is 4.74. The van der Waals surface area contributed by atoms with Gasteiger partial charge in [-0.15, -0.1) is 0 Å². The lowest BCUT2D eigenvalue weighted by molar-refractivity contribution is 0.561. The molecule has 3 aromatic rings. The van der Waals surface area contributed by atoms with Crippen LogP contribution in [0.15, 0.2) is 84.9 Å². The van der Waals surface area contributed by atoms with Crippen molar-refractivity contribution in [2.45, 2.75) is 9.83 Å². The summed E-state index contributed by atoms with van der Waals surface area (Å²) in [7, 11) is -3.35. The molecule has 27 heavy (non-hydrogen) atoms. The van der Waals surface area contributed by atoms with Crippen molar-refractivity contribution in [1.29, 1.82) is 0 Å². The minimum absolute atomic E-state index is 0.406. The second kappa shape index (κ2) is 8.34. The fraction of sp³-hybridized carbons (Fsp3) is 0.100. The molecule has 0 saturated carbocycles. The van der Waals surface area contributed by atoms with E-state index < -0.39 is 22.9 Å². The zero-order valence-electron chi connectivity index (χ0n) is 14.0. The van der Waals surface area contributed by atoms with Crippen molar-refractivity contribution in [3.05, 3.63) is 96.3 Å². The second-order valence-electron chi connectivity index (χ2n) is 5.94. The van der Waals surface area contributed by atoms with Gasteiger partial charge in [0.15, 0.2) is 0 Å². The highest BCUT2D eigenvalue weighted by atomic mass is 35.6. The van der Waals surface area contributed by atoms with Crippen LogP contribution in [0.25, 0.3) is 0 Å². The van der Waals surface area contributed by atoms with Crippen molar-refractivity contribution in [1.82, 2.24) is 5.09 Å². The number of hydrogen-bond donors (Lipinski definition) is 1. The van der Waals surface area contributed by atoms with Crippen LogP contribution in [0.1, 0.15) is 11.6 Å². The number of benzene rings is 3. The van der Waals surface area contributed by atoms with Crippen molar-refractivity contribution >= 4 is 52.7 Å². The molecular weight excluding hydrogens is 427 g/mol. The Bertz CT molecular complexity index is 887. The predicted octanol–water partition coefficient (Wildman–Crippen LogP) is 5.76. The molecule has 1 N–H and O–H groups in total. The van der Waals surface area contributed by atoms with Crippen molar-refractivity contribution < 1.29 is 8.96 Å². The van der Waals surface area contributed by atoms with E-state index in [0.29, 0.717) is 16.2 Å². The Balaban J connectivity index is 2.12. The fourth-order valence-electron chi connectivity index (χ4n) is 2.75. The lowest BCUT2D eigenvalue weighted by Crippen LogP contribution is -2.36. The van der Waals surface area contributed by atoms with E-state index in [2.05, 4.69) is 5.09 Å². The summed E-state index contributed by atoms with van der Waals surface area (Å²) in [6.07, 6.45) is 0. The summed E-state index contributed by atoms with van der Waals surface area (Å²) in [4.78, 5) is 0. The highest BCUT2D eigenvalue weighted by molar-refractivity contribution is 7.76. The largest absolute Gasteiger partial charge is 0.297 e. The first kappa shape index (κ1) is 20.4. The van der Waals surface area contributed by atoms with Crippen LogP contribution in [0.5, 0.6) is 0 Å². The van der Waals surface area contributed by atoms with Crippen LogP contribution >= 0.6 is 42.1 Å². The molecule has 0 amide bonds. The van der Waals surface area contributed by atoms with Crippen LogP contribution < -0.4 is 15.7 Å². The molecule has 1 unspecified atom stereocenters. The molecule has 0 radical (unpaired) electrons. The summed E-state index contributed by atoms with van der Waals surface area (Å²) in [6, 6.07) is 22.6. The van der Waals surface area contributed by atoms with Crippen LogP contribution in [-0.4, -0.2) is 3.79 Å². The second-order valence-corrected chi connectivity index (χ2v) is 10.8. The van der Waals surface area contributed by atoms with Gasteiger partial charge < -0.3 is 0 Å². The summed E-state index contributed by atoms with van der Waals surface area (Å²) in [5, 5.41) is 4.24. The van der Waals surface area contributed by atoms with E-state index >= 15 is 0 Å². The quantitative estimate of drug-likeness (QED) is 0.402. The van der Waals surface area contributed by atoms with Gasteiger partial charge in [-0.1, -0.05) is 83.3 Å². The zero-order chi connectivity index (χ0) is 19.5. The molecule has 3 rings (SSSR count). The molecule has 3 aromatic carbocycles. The molecule has 140 valence electrons. The highest BCUT2D eigenvalue weighted by Gasteiger charge is 2.40. The summed E-state index contributed by atoms with van der Waals surface area (Å²) in [5.41, 5.74) is 0.517. The minimum Gasteiger partial charge on any atom is -0.297 e. The number of halogens is 4. The number of rotatable bonds is 5. The summed E-state index contributed by atoms with van der Waals surface area (Å²) in [5.74, 6) is -0.406. The van der Waals surface area contributed by atoms with Gasteiger partial charge >= 0.3 is 0 Å². The molecular formula is C20H16Cl3FNOP. The summed E-state index contributed by atoms with van der Waals surface area (Å²) >= 11 is 18.6. The Hall–Kier alpha value is -1.35. The standard InChI is InChI=1S/C20H16Cl3FNOP/c21-20(22,23)19(15-11-13-16(24)14-12-15)25-27(26,17-7-3-1-4-8-17)18-9-5-2-6-10-18/h1-14,19H,(H,25,26). The third-order valence-corrected chi connectivity index (χ3v) is 7.41. The molecule has 2 nitrogen and oxygen atoms in total. The molecule has 0 heterocycles. The maximum absolute atomic E-state index is 14.2. The summed E-state index contributed by atoms with van der Waals surface area (Å²) < 4.78 is 25.7. The topological polar surface area (TPSA) is 29.1 Å². The molecule has 0 aromatic heterocycles. The first-order valence-corrected chi connectivity index (χ1v) is 11.0. The lowest BCUT2D eigenvalue weighted by Gasteiger charge is -2.31. The maximum atomic E-state index is 14.2. The van der Waals surface area contributed by atoms with E-state index in [1.54, 1.807) is 48.5 Å². The Labute approximate surface area is 172 Å². The van der Waals surface area contributed by atoms with E-state index in [0.717, 1.165) is 0 Å². The Morgan fingerprint density at radius 1 is 0.778 bits per heavy atom. The van der Waals surface area contributed by atoms with E-state index in [9.17, 15) is 8.96 Å². The van der Waals surface area contributed by atoms with Gasteiger partial charge in [0.05, 0.1) is 6.04 Å². The molecule has 0 saturated heterocycles. The number of nitrogens with one attached hydrogen (secondary N) is 1. The summed E-state index contributed by atoms with van der Waals surface area (Å²) in [6.45, 7) is 0. The average Bonchev–Trinajstić information content (AvgIpc) is 2.67. The molecule has 0 aliphatic rings. The Morgan fingerprint density at radius 2 is 1.22 bits per heavy atom. The van der Waals surface area contributed by atoms with Crippen LogP contribution in [0, 0.1) is 5.82 Å². The molecule has 0 fully saturated rings. The van der Waals surface area contributed by atoms with E-state index in [4.69, 9.17) is 34.8 Å². The molecule has 0 bridgehead atoms. The first-order chi connectivity index (χ1) is 12.8. The minimum atomic E-state index is -3.35. The molecule has 7 heteroatoms. The lowest BCUT2D eigenvalue weighted by atomic mass is 10.1. The van der Waals surface area contributed by atoms with Crippen LogP contribution in [0.4, 0.5) is 4.39 Å². The van der Waals surface area contributed by atoms with Gasteiger partial charge in [-0.05, 0) is 42.0 Å². The van der Waals surface area contributed by atoms with Crippen molar-refractivity contribution in [3.8, 4) is 0 Å². The molecule has 0 aliphatic heterocycles. The van der Waals surface area contributed by atoms with Gasteiger partial charge in [-0.2, -0.15) is 0 Å². The smallest absolute Gasteiger partial charge is 0.210 e. The Morgan fingerprint density at radius 3 is 1.63 bits per heavy atom. The van der Waals surface area contributed by atoms with E-state index in [1.807, 2.05) is 12.1 Å². The zero-order valence-corrected chi connectivity index (χ0v) is 17.2.